The van der Waals surface area contributed by atoms with Crippen LogP contribution in [0.3, 0.4) is 0 Å². The lowest BCUT2D eigenvalue weighted by molar-refractivity contribution is 0.0158. The Morgan fingerprint density at radius 2 is 1.95 bits per heavy atom. The zero-order valence-electron chi connectivity index (χ0n) is 12.5. The van der Waals surface area contributed by atoms with Gasteiger partial charge in [-0.3, -0.25) is 4.90 Å². The third kappa shape index (κ3) is 2.87. The Morgan fingerprint density at radius 1 is 1.21 bits per heavy atom. The van der Waals surface area contributed by atoms with Crippen LogP contribution >= 0.6 is 0 Å². The van der Waals surface area contributed by atoms with Crippen molar-refractivity contribution in [1.29, 1.82) is 0 Å². The van der Waals surface area contributed by atoms with Gasteiger partial charge in [0.05, 0.1) is 0 Å². The molecular formula is C16H26N2O. The number of hydrogen-bond acceptors (Lipinski definition) is 3. The Kier molecular flexibility index (Phi) is 3.44. The summed E-state index contributed by atoms with van der Waals surface area (Å²) in [5.41, 5.74) is 1.55. The first-order valence-electron chi connectivity index (χ1n) is 7.55. The minimum atomic E-state index is 0.0177. The molecule has 0 radical (unpaired) electrons. The molecule has 3 aliphatic rings. The maximum atomic E-state index is 6.10. The first kappa shape index (κ1) is 13.2. The summed E-state index contributed by atoms with van der Waals surface area (Å²) in [6.45, 7) is 9.16. The second-order valence-corrected chi connectivity index (χ2v) is 6.80. The molecule has 0 bridgehead atoms. The normalized spacial score (nSPS) is 32.1. The molecule has 1 unspecified atom stereocenters. The molecule has 3 heteroatoms. The van der Waals surface area contributed by atoms with E-state index in [9.17, 15) is 0 Å². The number of allylic oxidation sites excluding steroid dienone is 1. The summed E-state index contributed by atoms with van der Waals surface area (Å²) in [6.07, 6.45) is 8.10. The van der Waals surface area contributed by atoms with Gasteiger partial charge in [-0.25, -0.2) is 0 Å². The van der Waals surface area contributed by atoms with E-state index < -0.39 is 0 Å². The zero-order valence-corrected chi connectivity index (χ0v) is 12.5. The Hall–Kier alpha value is -0.800. The van der Waals surface area contributed by atoms with Gasteiger partial charge in [0.25, 0.3) is 0 Å². The van der Waals surface area contributed by atoms with Crippen molar-refractivity contribution in [2.24, 2.45) is 0 Å². The summed E-state index contributed by atoms with van der Waals surface area (Å²) in [5.74, 6) is 1.15. The first-order chi connectivity index (χ1) is 9.03. The maximum Gasteiger partial charge on any atom is 0.119 e. The van der Waals surface area contributed by atoms with E-state index in [1.165, 1.54) is 44.6 Å². The van der Waals surface area contributed by atoms with E-state index in [-0.39, 0.29) is 5.60 Å². The van der Waals surface area contributed by atoms with E-state index in [1.807, 2.05) is 0 Å². The average Bonchev–Trinajstić information content (AvgIpc) is 2.38. The van der Waals surface area contributed by atoms with E-state index in [1.54, 1.807) is 0 Å². The number of ether oxygens (including phenoxy) is 1. The highest BCUT2D eigenvalue weighted by molar-refractivity contribution is 5.30. The van der Waals surface area contributed by atoms with Gasteiger partial charge in [-0.05, 0) is 51.8 Å². The molecule has 0 amide bonds. The summed E-state index contributed by atoms with van der Waals surface area (Å²) in [5, 5.41) is 0. The summed E-state index contributed by atoms with van der Waals surface area (Å²) in [4.78, 5) is 5.04. The fraction of sp³-hybridized carbons (Fsp3) is 0.750. The lowest BCUT2D eigenvalue weighted by Crippen LogP contribution is -2.49. The fourth-order valence-electron chi connectivity index (χ4n) is 3.27. The topological polar surface area (TPSA) is 15.7 Å². The van der Waals surface area contributed by atoms with Gasteiger partial charge in [-0.15, -0.1) is 0 Å². The predicted molar refractivity (Wildman–Crippen MR) is 78.0 cm³/mol. The first-order valence-corrected chi connectivity index (χ1v) is 7.55. The number of nitrogens with zero attached hydrogens (tertiary/aromatic N) is 2. The number of rotatable bonds is 1. The zero-order chi connectivity index (χ0) is 13.5. The van der Waals surface area contributed by atoms with Crippen molar-refractivity contribution < 1.29 is 4.74 Å². The van der Waals surface area contributed by atoms with Crippen LogP contribution in [0.5, 0.6) is 0 Å². The quantitative estimate of drug-likeness (QED) is 0.722. The summed E-state index contributed by atoms with van der Waals surface area (Å²) in [6, 6.07) is 0.595. The van der Waals surface area contributed by atoms with Crippen molar-refractivity contribution in [3.8, 4) is 0 Å². The van der Waals surface area contributed by atoms with Crippen molar-refractivity contribution in [3.63, 3.8) is 0 Å². The average molecular weight is 262 g/mol. The van der Waals surface area contributed by atoms with Crippen LogP contribution < -0.4 is 0 Å². The lowest BCUT2D eigenvalue weighted by atomic mass is 9.87. The highest BCUT2D eigenvalue weighted by Gasteiger charge is 2.32. The van der Waals surface area contributed by atoms with E-state index in [4.69, 9.17) is 4.74 Å². The van der Waals surface area contributed by atoms with Crippen LogP contribution in [0.1, 0.15) is 33.1 Å². The summed E-state index contributed by atoms with van der Waals surface area (Å²) < 4.78 is 6.10. The molecule has 0 aromatic rings. The van der Waals surface area contributed by atoms with Gasteiger partial charge in [0, 0.05) is 32.2 Å². The summed E-state index contributed by atoms with van der Waals surface area (Å²) >= 11 is 0. The van der Waals surface area contributed by atoms with Gasteiger partial charge < -0.3 is 9.64 Å². The maximum absolute atomic E-state index is 6.10. The monoisotopic (exact) mass is 262 g/mol. The van der Waals surface area contributed by atoms with E-state index in [0.29, 0.717) is 6.04 Å². The fourth-order valence-corrected chi connectivity index (χ4v) is 3.27. The largest absolute Gasteiger partial charge is 0.488 e. The number of likely N-dealkylation sites (N-methyl/N-ethyl adjacent to an activating group) is 1. The molecule has 1 saturated heterocycles. The van der Waals surface area contributed by atoms with Crippen molar-refractivity contribution in [2.75, 3.05) is 33.2 Å². The molecule has 3 rings (SSSR count). The van der Waals surface area contributed by atoms with Crippen molar-refractivity contribution in [1.82, 2.24) is 9.80 Å². The van der Waals surface area contributed by atoms with Crippen LogP contribution in [0.25, 0.3) is 0 Å². The van der Waals surface area contributed by atoms with Gasteiger partial charge in [-0.2, -0.15) is 0 Å². The second kappa shape index (κ2) is 4.95. The van der Waals surface area contributed by atoms with Crippen LogP contribution in [0.4, 0.5) is 0 Å². The Labute approximate surface area is 116 Å². The van der Waals surface area contributed by atoms with E-state index >= 15 is 0 Å². The molecule has 106 valence electrons. The van der Waals surface area contributed by atoms with Crippen LogP contribution in [0.15, 0.2) is 23.5 Å². The molecular weight excluding hydrogens is 236 g/mol. The SMILES string of the molecule is CN1CCN(C2C=CC3=C(CCC(C)(C)O3)C2)CC1. The second-order valence-electron chi connectivity index (χ2n) is 6.80. The Balaban J connectivity index is 1.65. The van der Waals surface area contributed by atoms with Crippen LogP contribution in [0, 0.1) is 0 Å². The van der Waals surface area contributed by atoms with Gasteiger partial charge in [-0.1, -0.05) is 6.08 Å². The minimum Gasteiger partial charge on any atom is -0.488 e. The molecule has 2 heterocycles. The minimum absolute atomic E-state index is 0.0177. The number of hydrogen-bond donors (Lipinski definition) is 0. The molecule has 0 spiro atoms. The molecule has 0 N–H and O–H groups in total. The van der Waals surface area contributed by atoms with Crippen molar-refractivity contribution in [2.45, 2.75) is 44.8 Å². The molecule has 19 heavy (non-hydrogen) atoms. The molecule has 1 atom stereocenters. The van der Waals surface area contributed by atoms with Crippen molar-refractivity contribution >= 4 is 0 Å². The van der Waals surface area contributed by atoms with E-state index in [2.05, 4.69) is 42.8 Å². The van der Waals surface area contributed by atoms with Gasteiger partial charge >= 0.3 is 0 Å². The predicted octanol–water partition coefficient (Wildman–Crippen LogP) is 2.41. The third-order valence-electron chi connectivity index (χ3n) is 4.70. The highest BCUT2D eigenvalue weighted by atomic mass is 16.5. The van der Waals surface area contributed by atoms with Crippen LogP contribution in [-0.2, 0) is 4.74 Å². The smallest absolute Gasteiger partial charge is 0.119 e. The van der Waals surface area contributed by atoms with Gasteiger partial charge in [0.1, 0.15) is 11.4 Å². The van der Waals surface area contributed by atoms with E-state index in [0.717, 1.165) is 12.2 Å². The standard InChI is InChI=1S/C16H26N2O/c1-16(2)7-6-13-12-14(4-5-15(13)19-16)18-10-8-17(3)9-11-18/h4-5,14H,6-12H2,1-3H3. The molecule has 2 aliphatic heterocycles. The third-order valence-corrected chi connectivity index (χ3v) is 4.70. The van der Waals surface area contributed by atoms with Crippen LogP contribution in [0.2, 0.25) is 0 Å². The van der Waals surface area contributed by atoms with Gasteiger partial charge in [0.15, 0.2) is 0 Å². The summed E-state index contributed by atoms with van der Waals surface area (Å²) in [7, 11) is 2.21. The van der Waals surface area contributed by atoms with Gasteiger partial charge in [0.2, 0.25) is 0 Å². The molecule has 0 aromatic carbocycles. The van der Waals surface area contributed by atoms with Crippen LogP contribution in [-0.4, -0.2) is 54.7 Å². The molecule has 3 nitrogen and oxygen atoms in total. The lowest BCUT2D eigenvalue weighted by Gasteiger charge is -2.41. The Morgan fingerprint density at radius 3 is 2.68 bits per heavy atom. The highest BCUT2D eigenvalue weighted by Crippen LogP contribution is 2.37. The van der Waals surface area contributed by atoms with Crippen molar-refractivity contribution in [3.05, 3.63) is 23.5 Å². The molecule has 0 aromatic heterocycles. The molecule has 1 fully saturated rings. The molecule has 1 aliphatic carbocycles. The number of piperazine rings is 1. The Bertz CT molecular complexity index is 403. The molecule has 0 saturated carbocycles.